The number of ether oxygens (including phenoxy) is 1. The van der Waals surface area contributed by atoms with Gasteiger partial charge < -0.3 is 14.6 Å². The van der Waals surface area contributed by atoms with Crippen LogP contribution in [0.5, 0.6) is 0 Å². The van der Waals surface area contributed by atoms with E-state index in [1.807, 2.05) is 18.5 Å². The molecule has 16 heavy (non-hydrogen) atoms. The lowest BCUT2D eigenvalue weighted by Gasteiger charge is -2.04. The Labute approximate surface area is 101 Å². The van der Waals surface area contributed by atoms with Crippen LogP contribution in [0, 0.1) is 0 Å². The molecule has 0 unspecified atom stereocenters. The highest BCUT2D eigenvalue weighted by atomic mass is 32.2. The predicted molar refractivity (Wildman–Crippen MR) is 65.7 cm³/mol. The fourth-order valence-corrected chi connectivity index (χ4v) is 1.97. The summed E-state index contributed by atoms with van der Waals surface area (Å²) in [5.74, 6) is 1.02. The van der Waals surface area contributed by atoms with E-state index in [0.717, 1.165) is 43.6 Å². The third-order valence-corrected chi connectivity index (χ3v) is 3.06. The van der Waals surface area contributed by atoms with Gasteiger partial charge in [0.1, 0.15) is 6.33 Å². The normalized spacial score (nSPS) is 10.9. The van der Waals surface area contributed by atoms with Crippen molar-refractivity contribution in [3.8, 4) is 0 Å². The van der Waals surface area contributed by atoms with Gasteiger partial charge in [0.15, 0.2) is 5.16 Å². The second-order valence-corrected chi connectivity index (χ2v) is 4.44. The first-order chi connectivity index (χ1) is 7.84. The first-order valence-corrected chi connectivity index (χ1v) is 6.58. The number of hydrogen-bond acceptors (Lipinski definition) is 5. The van der Waals surface area contributed by atoms with Crippen LogP contribution in [0.3, 0.4) is 0 Å². The van der Waals surface area contributed by atoms with Crippen molar-refractivity contribution in [1.29, 1.82) is 0 Å². The largest absolute Gasteiger partial charge is 0.382 e. The van der Waals surface area contributed by atoms with Crippen LogP contribution in [0.25, 0.3) is 0 Å². The minimum absolute atomic E-state index is 0.808. The van der Waals surface area contributed by atoms with Gasteiger partial charge in [-0.3, -0.25) is 0 Å². The van der Waals surface area contributed by atoms with Crippen LogP contribution in [0.2, 0.25) is 0 Å². The van der Waals surface area contributed by atoms with Crippen molar-refractivity contribution in [3.05, 3.63) is 6.33 Å². The quantitative estimate of drug-likeness (QED) is 0.517. The Balaban J connectivity index is 1.91. The van der Waals surface area contributed by atoms with Gasteiger partial charge in [-0.15, -0.1) is 10.2 Å². The molecule has 0 amide bonds. The lowest BCUT2D eigenvalue weighted by molar-refractivity contribution is 0.145. The number of nitrogens with zero attached hydrogens (tertiary/aromatic N) is 3. The molecule has 1 N–H and O–H groups in total. The molecule has 0 fully saturated rings. The van der Waals surface area contributed by atoms with E-state index in [4.69, 9.17) is 4.74 Å². The van der Waals surface area contributed by atoms with Crippen molar-refractivity contribution in [1.82, 2.24) is 20.1 Å². The fraction of sp³-hybridized carbons (Fsp3) is 0.800. The lowest BCUT2D eigenvalue weighted by atomic mass is 10.4. The van der Waals surface area contributed by atoms with Crippen LogP contribution < -0.4 is 5.32 Å². The van der Waals surface area contributed by atoms with Crippen LogP contribution in [0.1, 0.15) is 13.3 Å². The average molecular weight is 244 g/mol. The van der Waals surface area contributed by atoms with E-state index in [1.165, 1.54) is 0 Å². The highest BCUT2D eigenvalue weighted by Gasteiger charge is 1.99. The molecule has 0 aromatic carbocycles. The molecule has 0 spiro atoms. The molecule has 1 rings (SSSR count). The second kappa shape index (κ2) is 8.55. The molecule has 6 heteroatoms. The molecule has 0 aliphatic heterocycles. The molecule has 0 aliphatic carbocycles. The maximum atomic E-state index is 5.25. The van der Waals surface area contributed by atoms with Crippen LogP contribution in [0.4, 0.5) is 0 Å². The molecule has 0 aliphatic rings. The van der Waals surface area contributed by atoms with Gasteiger partial charge in [0.25, 0.3) is 0 Å². The Hall–Kier alpha value is -0.590. The van der Waals surface area contributed by atoms with Crippen molar-refractivity contribution >= 4 is 11.8 Å². The maximum absolute atomic E-state index is 5.25. The maximum Gasteiger partial charge on any atom is 0.190 e. The van der Waals surface area contributed by atoms with Crippen molar-refractivity contribution in [2.24, 2.45) is 7.05 Å². The van der Waals surface area contributed by atoms with Gasteiger partial charge in [0.2, 0.25) is 0 Å². The van der Waals surface area contributed by atoms with E-state index in [-0.39, 0.29) is 0 Å². The first-order valence-electron chi connectivity index (χ1n) is 5.60. The monoisotopic (exact) mass is 244 g/mol. The third-order valence-electron chi connectivity index (χ3n) is 2.03. The van der Waals surface area contributed by atoms with Crippen LogP contribution in [-0.4, -0.2) is 46.8 Å². The van der Waals surface area contributed by atoms with E-state index < -0.39 is 0 Å². The fourth-order valence-electron chi connectivity index (χ4n) is 1.19. The minimum Gasteiger partial charge on any atom is -0.382 e. The Morgan fingerprint density at radius 1 is 1.50 bits per heavy atom. The Bertz CT molecular complexity index is 280. The molecular weight excluding hydrogens is 224 g/mol. The minimum atomic E-state index is 0.808. The zero-order chi connectivity index (χ0) is 11.6. The van der Waals surface area contributed by atoms with Gasteiger partial charge in [-0.1, -0.05) is 11.8 Å². The van der Waals surface area contributed by atoms with Crippen molar-refractivity contribution in [3.63, 3.8) is 0 Å². The van der Waals surface area contributed by atoms with Gasteiger partial charge in [-0.05, 0) is 19.9 Å². The van der Waals surface area contributed by atoms with Gasteiger partial charge in [0.05, 0.1) is 0 Å². The molecule has 1 aromatic heterocycles. The molecule has 1 aromatic rings. The Morgan fingerprint density at radius 2 is 2.38 bits per heavy atom. The highest BCUT2D eigenvalue weighted by Crippen LogP contribution is 2.11. The van der Waals surface area contributed by atoms with Gasteiger partial charge in [-0.25, -0.2) is 0 Å². The summed E-state index contributed by atoms with van der Waals surface area (Å²) in [5.41, 5.74) is 0. The van der Waals surface area contributed by atoms with E-state index in [2.05, 4.69) is 15.5 Å². The van der Waals surface area contributed by atoms with Gasteiger partial charge in [-0.2, -0.15) is 0 Å². The summed E-state index contributed by atoms with van der Waals surface area (Å²) in [6.45, 7) is 5.68. The number of nitrogens with one attached hydrogen (secondary N) is 1. The summed E-state index contributed by atoms with van der Waals surface area (Å²) in [6.07, 6.45) is 2.79. The molecule has 0 saturated carbocycles. The molecule has 92 valence electrons. The summed E-state index contributed by atoms with van der Waals surface area (Å²) in [7, 11) is 1.96. The Morgan fingerprint density at radius 3 is 3.06 bits per heavy atom. The van der Waals surface area contributed by atoms with Crippen LogP contribution in [-0.2, 0) is 11.8 Å². The second-order valence-electron chi connectivity index (χ2n) is 3.37. The number of hydrogen-bond donors (Lipinski definition) is 1. The highest BCUT2D eigenvalue weighted by molar-refractivity contribution is 7.99. The predicted octanol–water partition coefficient (Wildman–Crippen LogP) is 0.923. The summed E-state index contributed by atoms with van der Waals surface area (Å²) >= 11 is 1.72. The molecule has 5 nitrogen and oxygen atoms in total. The number of rotatable bonds is 9. The average Bonchev–Trinajstić information content (AvgIpc) is 2.68. The number of aryl methyl sites for hydroxylation is 1. The molecule has 0 bridgehead atoms. The molecule has 0 atom stereocenters. The zero-order valence-electron chi connectivity index (χ0n) is 9.98. The number of aromatic nitrogens is 3. The van der Waals surface area contributed by atoms with E-state index in [0.29, 0.717) is 0 Å². The van der Waals surface area contributed by atoms with Crippen molar-refractivity contribution in [2.75, 3.05) is 32.1 Å². The van der Waals surface area contributed by atoms with E-state index >= 15 is 0 Å². The van der Waals surface area contributed by atoms with Gasteiger partial charge in [0, 0.05) is 32.6 Å². The van der Waals surface area contributed by atoms with E-state index in [1.54, 1.807) is 18.1 Å². The molecule has 1 heterocycles. The summed E-state index contributed by atoms with van der Waals surface area (Å²) in [4.78, 5) is 0. The van der Waals surface area contributed by atoms with Crippen molar-refractivity contribution in [2.45, 2.75) is 18.5 Å². The van der Waals surface area contributed by atoms with Crippen LogP contribution >= 0.6 is 11.8 Å². The van der Waals surface area contributed by atoms with Crippen molar-refractivity contribution < 1.29 is 4.74 Å². The topological polar surface area (TPSA) is 52.0 Å². The molecular formula is C10H20N4OS. The smallest absolute Gasteiger partial charge is 0.190 e. The van der Waals surface area contributed by atoms with E-state index in [9.17, 15) is 0 Å². The lowest BCUT2D eigenvalue weighted by Crippen LogP contribution is -2.19. The standard InChI is InChI=1S/C10H20N4OS/c1-3-15-7-4-5-11-6-8-16-10-13-12-9-14(10)2/h9,11H,3-8H2,1-2H3. The molecule has 0 saturated heterocycles. The third kappa shape index (κ3) is 5.48. The first kappa shape index (κ1) is 13.5. The summed E-state index contributed by atoms with van der Waals surface area (Å²) < 4.78 is 7.18. The Kier molecular flexibility index (Phi) is 7.20. The molecule has 0 radical (unpaired) electrons. The number of thioether (sulfide) groups is 1. The van der Waals surface area contributed by atoms with Crippen LogP contribution in [0.15, 0.2) is 11.5 Å². The SMILES string of the molecule is CCOCCCNCCSc1nncn1C. The zero-order valence-corrected chi connectivity index (χ0v) is 10.8. The summed E-state index contributed by atoms with van der Waals surface area (Å²) in [5, 5.41) is 12.2. The summed E-state index contributed by atoms with van der Waals surface area (Å²) in [6, 6.07) is 0. The van der Waals surface area contributed by atoms with Gasteiger partial charge >= 0.3 is 0 Å².